The molecular formula is C40H55N9O5. The molecule has 0 spiro atoms. The number of amides is 5. The fourth-order valence-corrected chi connectivity index (χ4v) is 8.33. The number of methoxy groups -OCH3 is 1. The number of rotatable bonds is 11. The predicted octanol–water partition coefficient (Wildman–Crippen LogP) is 5.82. The first-order chi connectivity index (χ1) is 26.0. The SMILES string of the molecule is C=C(C)[C@@H](NC(=O)OC)C(=O)N1CCC[C@H]1c1ncc(C2CCC(c3ccc(-c4cnc([C@@H]5CCCN5C(=O)[C@@H](NC(=O)NC)C(C)C)[nH]4)cc3)CC2)[nH]1. The number of hydrogen-bond donors (Lipinski definition) is 5. The summed E-state index contributed by atoms with van der Waals surface area (Å²) >= 11 is 0. The summed E-state index contributed by atoms with van der Waals surface area (Å²) < 4.78 is 4.73. The van der Waals surface area contributed by atoms with Crippen molar-refractivity contribution in [3.05, 3.63) is 71.7 Å². The normalized spacial score (nSPS) is 22.5. The van der Waals surface area contributed by atoms with Crippen LogP contribution in [0.5, 0.6) is 0 Å². The van der Waals surface area contributed by atoms with Crippen molar-refractivity contribution in [2.45, 2.75) is 108 Å². The highest BCUT2D eigenvalue weighted by Crippen LogP contribution is 2.41. The van der Waals surface area contributed by atoms with E-state index in [9.17, 15) is 19.2 Å². The highest BCUT2D eigenvalue weighted by atomic mass is 16.5. The van der Waals surface area contributed by atoms with E-state index < -0.39 is 18.2 Å². The number of benzene rings is 1. The van der Waals surface area contributed by atoms with E-state index in [-0.39, 0.29) is 35.8 Å². The Morgan fingerprint density at radius 3 is 2.02 bits per heavy atom. The number of H-pyrrole nitrogens is 2. The van der Waals surface area contributed by atoms with E-state index in [0.29, 0.717) is 30.5 Å². The van der Waals surface area contributed by atoms with Crippen LogP contribution in [0.2, 0.25) is 0 Å². The second-order valence-electron chi connectivity index (χ2n) is 15.3. The molecular weight excluding hydrogens is 686 g/mol. The van der Waals surface area contributed by atoms with Gasteiger partial charge in [0.2, 0.25) is 11.8 Å². The molecule has 3 aromatic rings. The summed E-state index contributed by atoms with van der Waals surface area (Å²) in [7, 11) is 2.82. The lowest BCUT2D eigenvalue weighted by atomic mass is 9.77. The number of nitrogens with one attached hydrogen (secondary N) is 5. The van der Waals surface area contributed by atoms with Crippen LogP contribution >= 0.6 is 0 Å². The predicted molar refractivity (Wildman–Crippen MR) is 204 cm³/mol. The molecule has 2 saturated heterocycles. The third-order valence-electron chi connectivity index (χ3n) is 11.4. The van der Waals surface area contributed by atoms with Gasteiger partial charge in [0.25, 0.3) is 0 Å². The van der Waals surface area contributed by atoms with Crippen LogP contribution in [0.25, 0.3) is 11.3 Å². The maximum absolute atomic E-state index is 13.6. The highest BCUT2D eigenvalue weighted by molar-refractivity contribution is 5.89. The monoisotopic (exact) mass is 741 g/mol. The fraction of sp³-hybridized carbons (Fsp3) is 0.550. The Hall–Kier alpha value is -5.14. The molecule has 3 aliphatic rings. The van der Waals surface area contributed by atoms with E-state index in [1.54, 1.807) is 18.9 Å². The summed E-state index contributed by atoms with van der Waals surface area (Å²) in [5, 5.41) is 7.98. The van der Waals surface area contributed by atoms with Gasteiger partial charge in [-0.1, -0.05) is 44.7 Å². The smallest absolute Gasteiger partial charge is 0.407 e. The number of hydrogen-bond acceptors (Lipinski definition) is 7. The average Bonchev–Trinajstić information content (AvgIpc) is 4.02. The second kappa shape index (κ2) is 16.9. The van der Waals surface area contributed by atoms with Crippen molar-refractivity contribution in [2.75, 3.05) is 27.2 Å². The van der Waals surface area contributed by atoms with E-state index in [1.807, 2.05) is 31.1 Å². The number of aromatic amines is 2. The molecule has 0 radical (unpaired) electrons. The van der Waals surface area contributed by atoms with E-state index in [4.69, 9.17) is 14.7 Å². The minimum Gasteiger partial charge on any atom is -0.453 e. The lowest BCUT2D eigenvalue weighted by Gasteiger charge is -2.30. The molecule has 1 saturated carbocycles. The third-order valence-corrected chi connectivity index (χ3v) is 11.4. The number of imidazole rings is 2. The third kappa shape index (κ3) is 8.32. The molecule has 5 amide bonds. The Kier molecular flexibility index (Phi) is 12.1. The number of urea groups is 1. The number of ether oxygens (including phenoxy) is 1. The van der Waals surface area contributed by atoms with E-state index in [0.717, 1.165) is 80.0 Å². The minimum atomic E-state index is -0.850. The summed E-state index contributed by atoms with van der Waals surface area (Å²) in [6.45, 7) is 10.7. The summed E-state index contributed by atoms with van der Waals surface area (Å²) in [6, 6.07) is 6.56. The lowest BCUT2D eigenvalue weighted by Crippen LogP contribution is -2.53. The van der Waals surface area contributed by atoms with Crippen LogP contribution in [0.4, 0.5) is 9.59 Å². The van der Waals surface area contributed by atoms with Crippen LogP contribution in [0, 0.1) is 5.92 Å². The number of alkyl carbamates (subject to hydrolysis) is 1. The molecule has 6 rings (SSSR count). The Labute approximate surface area is 317 Å². The number of carbonyl (C=O) groups is 4. The summed E-state index contributed by atoms with van der Waals surface area (Å²) in [5.74, 6) is 2.06. The topological polar surface area (TPSA) is 177 Å². The number of nitrogens with zero attached hydrogens (tertiary/aromatic N) is 4. The molecule has 5 N–H and O–H groups in total. The largest absolute Gasteiger partial charge is 0.453 e. The van der Waals surface area contributed by atoms with Gasteiger partial charge in [-0.15, -0.1) is 0 Å². The van der Waals surface area contributed by atoms with Gasteiger partial charge in [0, 0.05) is 37.9 Å². The zero-order chi connectivity index (χ0) is 38.5. The van der Waals surface area contributed by atoms with Crippen LogP contribution in [-0.2, 0) is 14.3 Å². The number of carbonyl (C=O) groups excluding carboxylic acids is 4. The Balaban J connectivity index is 1.04. The van der Waals surface area contributed by atoms with Gasteiger partial charge in [0.05, 0.1) is 31.1 Å². The van der Waals surface area contributed by atoms with E-state index in [1.165, 1.54) is 12.7 Å². The van der Waals surface area contributed by atoms with Crippen LogP contribution in [0.1, 0.15) is 119 Å². The molecule has 14 nitrogen and oxygen atoms in total. The van der Waals surface area contributed by atoms with Crippen molar-refractivity contribution in [2.24, 2.45) is 5.92 Å². The van der Waals surface area contributed by atoms with E-state index in [2.05, 4.69) is 56.8 Å². The maximum atomic E-state index is 13.6. The van der Waals surface area contributed by atoms with Crippen molar-refractivity contribution >= 4 is 23.9 Å². The summed E-state index contributed by atoms with van der Waals surface area (Å²) in [4.78, 5) is 71.2. The molecule has 3 fully saturated rings. The van der Waals surface area contributed by atoms with Crippen molar-refractivity contribution in [1.29, 1.82) is 0 Å². The van der Waals surface area contributed by atoms with Gasteiger partial charge in [-0.2, -0.15) is 0 Å². The summed E-state index contributed by atoms with van der Waals surface area (Å²) in [6.07, 6.45) is 10.7. The molecule has 2 aromatic heterocycles. The quantitative estimate of drug-likeness (QED) is 0.154. The van der Waals surface area contributed by atoms with Crippen molar-refractivity contribution in [3.8, 4) is 11.3 Å². The molecule has 0 bridgehead atoms. The number of likely N-dealkylation sites (tertiary alicyclic amines) is 2. The van der Waals surface area contributed by atoms with Crippen LogP contribution < -0.4 is 16.0 Å². The van der Waals surface area contributed by atoms with Crippen LogP contribution in [0.3, 0.4) is 0 Å². The Morgan fingerprint density at radius 2 is 1.43 bits per heavy atom. The number of aromatic nitrogens is 4. The molecule has 4 heterocycles. The summed E-state index contributed by atoms with van der Waals surface area (Å²) in [5.41, 5.74) is 4.95. The van der Waals surface area contributed by atoms with Crippen LogP contribution in [-0.4, -0.2) is 93.0 Å². The van der Waals surface area contributed by atoms with Gasteiger partial charge in [-0.25, -0.2) is 19.6 Å². The molecule has 0 unspecified atom stereocenters. The molecule has 4 atom stereocenters. The fourth-order valence-electron chi connectivity index (χ4n) is 8.33. The van der Waals surface area contributed by atoms with Gasteiger partial charge in [0.15, 0.2) is 0 Å². The molecule has 2 aliphatic heterocycles. The van der Waals surface area contributed by atoms with Crippen molar-refractivity contribution in [1.82, 2.24) is 45.7 Å². The molecule has 290 valence electrons. The molecule has 14 heteroatoms. The first-order valence-corrected chi connectivity index (χ1v) is 19.3. The van der Waals surface area contributed by atoms with Gasteiger partial charge < -0.3 is 40.5 Å². The van der Waals surface area contributed by atoms with Gasteiger partial charge in [-0.05, 0) is 86.8 Å². The zero-order valence-electron chi connectivity index (χ0n) is 32.1. The first-order valence-electron chi connectivity index (χ1n) is 19.3. The lowest BCUT2D eigenvalue weighted by molar-refractivity contribution is -0.135. The molecule has 54 heavy (non-hydrogen) atoms. The van der Waals surface area contributed by atoms with Crippen LogP contribution in [0.15, 0.2) is 48.8 Å². The van der Waals surface area contributed by atoms with Gasteiger partial charge in [-0.3, -0.25) is 9.59 Å². The van der Waals surface area contributed by atoms with E-state index >= 15 is 0 Å². The van der Waals surface area contributed by atoms with Crippen molar-refractivity contribution < 1.29 is 23.9 Å². The maximum Gasteiger partial charge on any atom is 0.407 e. The first kappa shape index (κ1) is 38.6. The minimum absolute atomic E-state index is 0.0535. The molecule has 1 aromatic carbocycles. The standard InChI is InChI=1S/C40H55N9O5/c1-23(2)33(46-39(52)41-5)37(50)48-19-7-9-31(48)35-42-21-29(44-35)27-15-11-25(12-16-27)26-13-17-28(18-14-26)30-22-43-36(45-30)32-10-8-20-49(32)38(51)34(24(3)4)47-40(53)54-6/h11-12,15-16,21-23,26,28,31-34H,3,7-10,13-14,17-20H2,1-2,4-6H3,(H,42,44)(H,43,45)(H,47,53)(H2,41,46,52)/t26?,28?,31-,32-,33-,34+/m0/s1. The zero-order valence-corrected chi connectivity index (χ0v) is 32.1. The van der Waals surface area contributed by atoms with Gasteiger partial charge in [0.1, 0.15) is 23.7 Å². The van der Waals surface area contributed by atoms with Crippen molar-refractivity contribution in [3.63, 3.8) is 0 Å². The Morgan fingerprint density at radius 1 is 0.833 bits per heavy atom. The highest BCUT2D eigenvalue weighted by Gasteiger charge is 2.39. The Bertz CT molecular complexity index is 1810. The average molecular weight is 742 g/mol. The molecule has 1 aliphatic carbocycles. The second-order valence-corrected chi connectivity index (χ2v) is 15.3. The van der Waals surface area contributed by atoms with Gasteiger partial charge >= 0.3 is 12.1 Å².